The van der Waals surface area contributed by atoms with Crippen LogP contribution in [0, 0.1) is 0 Å². The number of nitrogens with zero attached hydrogens (tertiary/aromatic N) is 4. The zero-order valence-corrected chi connectivity index (χ0v) is 17.1. The minimum absolute atomic E-state index is 0.152. The van der Waals surface area contributed by atoms with Crippen LogP contribution in [-0.2, 0) is 15.8 Å². The van der Waals surface area contributed by atoms with Crippen LogP contribution in [0.2, 0.25) is 5.02 Å². The van der Waals surface area contributed by atoms with E-state index in [9.17, 15) is 8.42 Å². The molecule has 0 fully saturated rings. The highest BCUT2D eigenvalue weighted by Crippen LogP contribution is 2.22. The molecule has 2 aromatic heterocycles. The summed E-state index contributed by atoms with van der Waals surface area (Å²) >= 11 is 5.83. The van der Waals surface area contributed by atoms with E-state index in [4.69, 9.17) is 16.3 Å². The SMILES string of the molecule is O=S(=O)(Cc1ccc(Cl)cc1)Nc1ccc(Oc2ccc(-n3ccnc3)nn2)cc1. The lowest BCUT2D eigenvalue weighted by atomic mass is 10.2. The molecule has 0 amide bonds. The fraction of sp³-hybridized carbons (Fsp3) is 0.0500. The molecule has 0 saturated heterocycles. The van der Waals surface area contributed by atoms with Crippen LogP contribution in [0.4, 0.5) is 5.69 Å². The lowest BCUT2D eigenvalue weighted by Gasteiger charge is -2.09. The van der Waals surface area contributed by atoms with E-state index in [0.29, 0.717) is 33.7 Å². The molecule has 4 aromatic rings. The Labute approximate surface area is 178 Å². The van der Waals surface area contributed by atoms with Gasteiger partial charge in [-0.15, -0.1) is 10.2 Å². The lowest BCUT2D eigenvalue weighted by molar-refractivity contribution is 0.454. The third-order valence-electron chi connectivity index (χ3n) is 4.01. The van der Waals surface area contributed by atoms with Gasteiger partial charge in [0.2, 0.25) is 15.9 Å². The molecule has 4 rings (SSSR count). The zero-order chi connectivity index (χ0) is 21.0. The van der Waals surface area contributed by atoms with Crippen molar-refractivity contribution in [3.8, 4) is 17.4 Å². The van der Waals surface area contributed by atoms with E-state index in [1.54, 1.807) is 84.0 Å². The highest BCUT2D eigenvalue weighted by atomic mass is 35.5. The fourth-order valence-electron chi connectivity index (χ4n) is 2.63. The van der Waals surface area contributed by atoms with Gasteiger partial charge in [-0.2, -0.15) is 0 Å². The van der Waals surface area contributed by atoms with Gasteiger partial charge in [0.25, 0.3) is 0 Å². The van der Waals surface area contributed by atoms with Crippen LogP contribution in [0.5, 0.6) is 11.6 Å². The van der Waals surface area contributed by atoms with E-state index < -0.39 is 10.0 Å². The summed E-state index contributed by atoms with van der Waals surface area (Å²) in [6, 6.07) is 16.6. The standard InChI is InChI=1S/C20H16ClN5O3S/c21-16-3-1-15(2-4-16)13-30(27,28)25-17-5-7-18(8-6-17)29-20-10-9-19(23-24-20)26-12-11-22-14-26/h1-12,14,25H,13H2. The molecule has 0 aliphatic rings. The maximum Gasteiger partial charge on any atom is 0.238 e. The van der Waals surface area contributed by atoms with Gasteiger partial charge in [-0.25, -0.2) is 13.4 Å². The number of aromatic nitrogens is 4. The third-order valence-corrected chi connectivity index (χ3v) is 5.53. The fourth-order valence-corrected chi connectivity index (χ4v) is 3.95. The predicted octanol–water partition coefficient (Wildman–Crippen LogP) is 4.05. The minimum atomic E-state index is -3.56. The molecule has 10 heteroatoms. The van der Waals surface area contributed by atoms with Crippen molar-refractivity contribution in [2.75, 3.05) is 4.72 Å². The van der Waals surface area contributed by atoms with Crippen LogP contribution >= 0.6 is 11.6 Å². The molecule has 8 nitrogen and oxygen atoms in total. The Kier molecular flexibility index (Phi) is 5.64. The maximum atomic E-state index is 12.4. The molecule has 0 unspecified atom stereocenters. The second kappa shape index (κ2) is 8.52. The van der Waals surface area contributed by atoms with Crippen molar-refractivity contribution in [3.05, 3.63) is 90.0 Å². The number of ether oxygens (including phenoxy) is 1. The first-order valence-electron chi connectivity index (χ1n) is 8.82. The Morgan fingerprint density at radius 1 is 0.967 bits per heavy atom. The number of halogens is 1. The van der Waals surface area contributed by atoms with Crippen LogP contribution in [0.1, 0.15) is 5.56 Å². The number of hydrogen-bond donors (Lipinski definition) is 1. The van der Waals surface area contributed by atoms with Crippen molar-refractivity contribution in [1.82, 2.24) is 19.7 Å². The second-order valence-electron chi connectivity index (χ2n) is 6.31. The lowest BCUT2D eigenvalue weighted by Crippen LogP contribution is -2.14. The van der Waals surface area contributed by atoms with Gasteiger partial charge in [0.05, 0.1) is 5.75 Å². The first-order valence-corrected chi connectivity index (χ1v) is 10.8. The van der Waals surface area contributed by atoms with Crippen molar-refractivity contribution >= 4 is 27.3 Å². The average molecular weight is 442 g/mol. The molecule has 0 atom stereocenters. The number of imidazole rings is 1. The molecule has 0 aliphatic carbocycles. The van der Waals surface area contributed by atoms with Gasteiger partial charge in [0, 0.05) is 29.2 Å². The summed E-state index contributed by atoms with van der Waals surface area (Å²) < 4.78 is 34.6. The molecule has 0 saturated carbocycles. The molecular formula is C20H16ClN5O3S. The van der Waals surface area contributed by atoms with Gasteiger partial charge in [-0.05, 0) is 48.0 Å². The average Bonchev–Trinajstić information content (AvgIpc) is 3.26. The van der Waals surface area contributed by atoms with E-state index in [1.165, 1.54) is 0 Å². The van der Waals surface area contributed by atoms with Crippen LogP contribution in [0.3, 0.4) is 0 Å². The van der Waals surface area contributed by atoms with Crippen LogP contribution in [0.25, 0.3) is 5.82 Å². The Hall–Kier alpha value is -3.43. The summed E-state index contributed by atoms with van der Waals surface area (Å²) in [5.74, 6) is 1.28. The molecule has 0 spiro atoms. The monoisotopic (exact) mass is 441 g/mol. The normalized spacial score (nSPS) is 11.2. The third kappa shape index (κ3) is 5.13. The molecule has 152 valence electrons. The van der Waals surface area contributed by atoms with E-state index in [0.717, 1.165) is 0 Å². The minimum Gasteiger partial charge on any atom is -0.438 e. The number of rotatable bonds is 7. The molecule has 0 aliphatic heterocycles. The Bertz CT molecular complexity index is 1210. The maximum absolute atomic E-state index is 12.4. The molecule has 0 radical (unpaired) electrons. The summed E-state index contributed by atoms with van der Waals surface area (Å²) in [7, 11) is -3.56. The van der Waals surface area contributed by atoms with Crippen LogP contribution < -0.4 is 9.46 Å². The predicted molar refractivity (Wildman–Crippen MR) is 113 cm³/mol. The first kappa shape index (κ1) is 19.9. The summed E-state index contributed by atoms with van der Waals surface area (Å²) in [6.07, 6.45) is 5.03. The molecule has 30 heavy (non-hydrogen) atoms. The molecule has 2 heterocycles. The van der Waals surface area contributed by atoms with Gasteiger partial charge in [0.15, 0.2) is 5.82 Å². The van der Waals surface area contributed by atoms with Gasteiger partial charge in [-0.1, -0.05) is 23.7 Å². The van der Waals surface area contributed by atoms with E-state index >= 15 is 0 Å². The van der Waals surface area contributed by atoms with Crippen molar-refractivity contribution in [1.29, 1.82) is 0 Å². The van der Waals surface area contributed by atoms with Crippen LogP contribution in [-0.4, -0.2) is 28.2 Å². The van der Waals surface area contributed by atoms with E-state index in [-0.39, 0.29) is 5.75 Å². The first-order chi connectivity index (χ1) is 14.5. The molecule has 2 aromatic carbocycles. The number of anilines is 1. The number of nitrogens with one attached hydrogen (secondary N) is 1. The highest BCUT2D eigenvalue weighted by molar-refractivity contribution is 7.91. The van der Waals surface area contributed by atoms with Crippen molar-refractivity contribution < 1.29 is 13.2 Å². The molecule has 1 N–H and O–H groups in total. The quantitative estimate of drug-likeness (QED) is 0.464. The van der Waals surface area contributed by atoms with Crippen molar-refractivity contribution in [2.45, 2.75) is 5.75 Å². The number of benzene rings is 2. The molecule has 0 bridgehead atoms. The van der Waals surface area contributed by atoms with E-state index in [1.807, 2.05) is 0 Å². The Morgan fingerprint density at radius 2 is 1.73 bits per heavy atom. The summed E-state index contributed by atoms with van der Waals surface area (Å²) in [5.41, 5.74) is 1.07. The zero-order valence-electron chi connectivity index (χ0n) is 15.5. The largest absolute Gasteiger partial charge is 0.438 e. The Morgan fingerprint density at radius 3 is 2.37 bits per heavy atom. The smallest absolute Gasteiger partial charge is 0.238 e. The van der Waals surface area contributed by atoms with Crippen molar-refractivity contribution in [2.24, 2.45) is 0 Å². The molecular weight excluding hydrogens is 426 g/mol. The van der Waals surface area contributed by atoms with Crippen molar-refractivity contribution in [3.63, 3.8) is 0 Å². The number of hydrogen-bond acceptors (Lipinski definition) is 6. The van der Waals surface area contributed by atoms with Gasteiger partial charge < -0.3 is 4.74 Å². The number of sulfonamides is 1. The summed E-state index contributed by atoms with van der Waals surface area (Å²) in [4.78, 5) is 3.96. The topological polar surface area (TPSA) is 99.0 Å². The Balaban J connectivity index is 1.38. The van der Waals surface area contributed by atoms with Gasteiger partial charge in [0.1, 0.15) is 12.1 Å². The van der Waals surface area contributed by atoms with Gasteiger partial charge >= 0.3 is 0 Å². The highest BCUT2D eigenvalue weighted by Gasteiger charge is 2.12. The second-order valence-corrected chi connectivity index (χ2v) is 8.47. The van der Waals surface area contributed by atoms with Crippen LogP contribution in [0.15, 0.2) is 79.4 Å². The van der Waals surface area contributed by atoms with Gasteiger partial charge in [-0.3, -0.25) is 9.29 Å². The van der Waals surface area contributed by atoms with E-state index in [2.05, 4.69) is 19.9 Å². The summed E-state index contributed by atoms with van der Waals surface area (Å²) in [6.45, 7) is 0. The summed E-state index contributed by atoms with van der Waals surface area (Å²) in [5, 5.41) is 8.66.